The second-order valence-electron chi connectivity index (χ2n) is 4.75. The molecule has 1 aromatic carbocycles. The minimum atomic E-state index is 0.316. The first kappa shape index (κ1) is 11.8. The van der Waals surface area contributed by atoms with Gasteiger partial charge >= 0.3 is 0 Å². The molecule has 100 valence electrons. The van der Waals surface area contributed by atoms with Gasteiger partial charge in [-0.3, -0.25) is 0 Å². The number of hydrogen-bond acceptors (Lipinski definition) is 4. The van der Waals surface area contributed by atoms with Crippen LogP contribution in [0.25, 0.3) is 11.2 Å². The molecule has 4 rings (SSSR count). The Balaban J connectivity index is 1.80. The Morgan fingerprint density at radius 2 is 2.10 bits per heavy atom. The molecule has 3 aromatic rings. The summed E-state index contributed by atoms with van der Waals surface area (Å²) in [6, 6.07) is 12.3. The van der Waals surface area contributed by atoms with Gasteiger partial charge in [-0.15, -0.1) is 11.8 Å². The molecule has 0 radical (unpaired) electrons. The molecule has 1 aliphatic heterocycles. The van der Waals surface area contributed by atoms with Gasteiger partial charge in [0.25, 0.3) is 0 Å². The van der Waals surface area contributed by atoms with E-state index < -0.39 is 0 Å². The normalized spacial score (nSPS) is 17.4. The fourth-order valence-corrected chi connectivity index (χ4v) is 3.80. The number of aromatic amines is 1. The second-order valence-corrected chi connectivity index (χ2v) is 5.81. The van der Waals surface area contributed by atoms with Crippen LogP contribution in [-0.4, -0.2) is 27.8 Å². The molecule has 0 saturated carbocycles. The van der Waals surface area contributed by atoms with Crippen molar-refractivity contribution in [3.63, 3.8) is 0 Å². The van der Waals surface area contributed by atoms with E-state index in [0.717, 1.165) is 17.1 Å². The fraction of sp³-hybridized carbons (Fsp3) is 0.200. The third-order valence-electron chi connectivity index (χ3n) is 3.58. The number of fused-ring (bicyclic) bond motifs is 2. The van der Waals surface area contributed by atoms with E-state index in [9.17, 15) is 0 Å². The largest absolute Gasteiger partial charge is 0.481 e. The van der Waals surface area contributed by atoms with Gasteiger partial charge in [-0.2, -0.15) is 4.98 Å². The highest BCUT2D eigenvalue weighted by atomic mass is 32.2. The summed E-state index contributed by atoms with van der Waals surface area (Å²) >= 11 is 1.88. The van der Waals surface area contributed by atoms with Crippen molar-refractivity contribution < 1.29 is 4.74 Å². The molecule has 0 aliphatic carbocycles. The molecule has 5 heteroatoms. The van der Waals surface area contributed by atoms with Crippen molar-refractivity contribution >= 4 is 22.9 Å². The molecule has 3 heterocycles. The van der Waals surface area contributed by atoms with Crippen LogP contribution in [0.3, 0.4) is 0 Å². The zero-order valence-corrected chi connectivity index (χ0v) is 11.8. The van der Waals surface area contributed by atoms with Crippen LogP contribution >= 0.6 is 11.8 Å². The Kier molecular flexibility index (Phi) is 2.67. The topological polar surface area (TPSA) is 50.8 Å². The summed E-state index contributed by atoms with van der Waals surface area (Å²) < 4.78 is 5.14. The van der Waals surface area contributed by atoms with E-state index in [1.54, 1.807) is 7.11 Å². The van der Waals surface area contributed by atoms with E-state index in [1.807, 2.05) is 23.9 Å². The summed E-state index contributed by atoms with van der Waals surface area (Å²) in [6.07, 6.45) is 0. The van der Waals surface area contributed by atoms with Crippen molar-refractivity contribution in [2.45, 2.75) is 10.8 Å². The lowest BCUT2D eigenvalue weighted by molar-refractivity contribution is 0.399. The van der Waals surface area contributed by atoms with Gasteiger partial charge in [0, 0.05) is 16.7 Å². The van der Waals surface area contributed by atoms with E-state index >= 15 is 0 Å². The smallest absolute Gasteiger partial charge is 0.215 e. The number of thioether (sulfide) groups is 1. The van der Waals surface area contributed by atoms with Gasteiger partial charge in [0.15, 0.2) is 5.65 Å². The molecule has 1 atom stereocenters. The lowest BCUT2D eigenvalue weighted by Crippen LogP contribution is -2.01. The van der Waals surface area contributed by atoms with Gasteiger partial charge in [0.05, 0.1) is 18.5 Å². The quantitative estimate of drug-likeness (QED) is 0.784. The van der Waals surface area contributed by atoms with E-state index in [0.29, 0.717) is 17.4 Å². The summed E-state index contributed by atoms with van der Waals surface area (Å²) in [4.78, 5) is 13.8. The van der Waals surface area contributed by atoms with Crippen LogP contribution in [0.2, 0.25) is 0 Å². The van der Waals surface area contributed by atoms with Crippen molar-refractivity contribution in [1.82, 2.24) is 15.0 Å². The zero-order valence-electron chi connectivity index (χ0n) is 11.0. The number of benzene rings is 1. The van der Waals surface area contributed by atoms with Crippen LogP contribution in [0, 0.1) is 0 Å². The predicted octanol–water partition coefficient (Wildman–Crippen LogP) is 3.20. The zero-order chi connectivity index (χ0) is 13.5. The summed E-state index contributed by atoms with van der Waals surface area (Å²) in [6.45, 7) is 0. The number of H-pyrrole nitrogens is 1. The summed E-state index contributed by atoms with van der Waals surface area (Å²) in [5, 5.41) is 0. The Morgan fingerprint density at radius 3 is 3.00 bits per heavy atom. The van der Waals surface area contributed by atoms with Crippen LogP contribution in [-0.2, 0) is 0 Å². The monoisotopic (exact) mass is 283 g/mol. The molecule has 20 heavy (non-hydrogen) atoms. The van der Waals surface area contributed by atoms with Gasteiger partial charge < -0.3 is 9.72 Å². The van der Waals surface area contributed by atoms with Gasteiger partial charge in [-0.25, -0.2) is 4.98 Å². The highest BCUT2D eigenvalue weighted by Crippen LogP contribution is 2.42. The molecular weight excluding hydrogens is 270 g/mol. The van der Waals surface area contributed by atoms with Crippen LogP contribution in [0.15, 0.2) is 41.3 Å². The maximum absolute atomic E-state index is 5.14. The Morgan fingerprint density at radius 1 is 1.20 bits per heavy atom. The minimum Gasteiger partial charge on any atom is -0.481 e. The molecular formula is C15H13N3OS. The highest BCUT2D eigenvalue weighted by Gasteiger charge is 2.26. The number of nitrogens with one attached hydrogen (secondary N) is 1. The molecule has 1 unspecified atom stereocenters. The Hall–Kier alpha value is -2.01. The molecule has 0 amide bonds. The molecule has 0 fully saturated rings. The minimum absolute atomic E-state index is 0.316. The molecule has 0 spiro atoms. The molecule has 0 saturated heterocycles. The lowest BCUT2D eigenvalue weighted by atomic mass is 10.0. The molecule has 2 aromatic heterocycles. The van der Waals surface area contributed by atoms with Gasteiger partial charge in [0.2, 0.25) is 5.88 Å². The van der Waals surface area contributed by atoms with Crippen LogP contribution < -0.4 is 4.74 Å². The molecule has 1 N–H and O–H groups in total. The first-order valence-electron chi connectivity index (χ1n) is 6.47. The average Bonchev–Trinajstić information content (AvgIpc) is 3.09. The number of nitrogens with zero attached hydrogens (tertiary/aromatic N) is 2. The predicted molar refractivity (Wildman–Crippen MR) is 79.4 cm³/mol. The second kappa shape index (κ2) is 4.52. The number of pyridine rings is 1. The Bertz CT molecular complexity index is 784. The van der Waals surface area contributed by atoms with Crippen molar-refractivity contribution in [2.24, 2.45) is 0 Å². The maximum Gasteiger partial charge on any atom is 0.215 e. The van der Waals surface area contributed by atoms with Crippen molar-refractivity contribution in [1.29, 1.82) is 0 Å². The highest BCUT2D eigenvalue weighted by molar-refractivity contribution is 7.99. The Labute approximate surface area is 120 Å². The van der Waals surface area contributed by atoms with Crippen molar-refractivity contribution in [3.8, 4) is 5.88 Å². The summed E-state index contributed by atoms with van der Waals surface area (Å²) in [5.41, 5.74) is 3.02. The van der Waals surface area contributed by atoms with Crippen LogP contribution in [0.1, 0.15) is 17.3 Å². The first-order chi connectivity index (χ1) is 9.85. The number of aromatic nitrogens is 3. The van der Waals surface area contributed by atoms with Gasteiger partial charge in [-0.05, 0) is 17.7 Å². The van der Waals surface area contributed by atoms with Gasteiger partial charge in [0.1, 0.15) is 5.82 Å². The van der Waals surface area contributed by atoms with Crippen LogP contribution in [0.5, 0.6) is 5.88 Å². The third-order valence-corrected chi connectivity index (χ3v) is 4.76. The average molecular weight is 283 g/mol. The lowest BCUT2D eigenvalue weighted by Gasteiger charge is -2.06. The van der Waals surface area contributed by atoms with E-state index in [-0.39, 0.29) is 0 Å². The molecule has 4 nitrogen and oxygen atoms in total. The van der Waals surface area contributed by atoms with E-state index in [4.69, 9.17) is 4.74 Å². The number of hydrogen-bond donors (Lipinski definition) is 1. The number of ether oxygens (including phenoxy) is 1. The van der Waals surface area contributed by atoms with Crippen molar-refractivity contribution in [2.75, 3.05) is 12.9 Å². The molecule has 1 aliphatic rings. The maximum atomic E-state index is 5.14. The number of methoxy groups -OCH3 is 1. The fourth-order valence-electron chi connectivity index (χ4n) is 2.56. The summed E-state index contributed by atoms with van der Waals surface area (Å²) in [7, 11) is 1.62. The van der Waals surface area contributed by atoms with Crippen molar-refractivity contribution in [3.05, 3.63) is 47.8 Å². The first-order valence-corrected chi connectivity index (χ1v) is 7.46. The number of imidazole rings is 1. The standard InChI is InChI=1S/C15H13N3OS/c1-19-13-7-6-11-15(17-13)18-14(16-11)10-8-20-12-5-3-2-4-9(10)12/h2-7,10H,8H2,1H3,(H,16,17,18). The third kappa shape index (κ3) is 1.78. The van der Waals surface area contributed by atoms with Crippen LogP contribution in [0.4, 0.5) is 0 Å². The van der Waals surface area contributed by atoms with E-state index in [2.05, 4.69) is 39.2 Å². The SMILES string of the molecule is COc1ccc2[nH]c(C3CSc4ccccc43)nc2n1. The number of rotatable bonds is 2. The summed E-state index contributed by atoms with van der Waals surface area (Å²) in [5.74, 6) is 2.92. The van der Waals surface area contributed by atoms with Gasteiger partial charge in [-0.1, -0.05) is 18.2 Å². The van der Waals surface area contributed by atoms with E-state index in [1.165, 1.54) is 10.5 Å². The molecule has 0 bridgehead atoms.